The van der Waals surface area contributed by atoms with Crippen LogP contribution in [-0.2, 0) is 23.1 Å². The Bertz CT molecular complexity index is 1330. The summed E-state index contributed by atoms with van der Waals surface area (Å²) >= 11 is 0. The number of fused-ring (bicyclic) bond motifs is 1. The Hall–Kier alpha value is -3.42. The third-order valence-electron chi connectivity index (χ3n) is 5.09. The third-order valence-corrected chi connectivity index (χ3v) is 6.48. The van der Waals surface area contributed by atoms with Gasteiger partial charge in [-0.3, -0.25) is 4.79 Å². The summed E-state index contributed by atoms with van der Waals surface area (Å²) < 4.78 is 30.0. The first-order valence-electron chi connectivity index (χ1n) is 10.0. The summed E-state index contributed by atoms with van der Waals surface area (Å²) in [6.45, 7) is 3.12. The molecule has 1 aromatic heterocycles. The summed E-state index contributed by atoms with van der Waals surface area (Å²) in [7, 11) is -3.75. The second kappa shape index (κ2) is 8.75. The van der Waals surface area contributed by atoms with Crippen LogP contribution >= 0.6 is 0 Å². The van der Waals surface area contributed by atoms with Gasteiger partial charge in [0, 0.05) is 41.4 Å². The van der Waals surface area contributed by atoms with Gasteiger partial charge < -0.3 is 9.88 Å². The number of amides is 1. The molecule has 31 heavy (non-hydrogen) atoms. The van der Waals surface area contributed by atoms with Crippen LogP contribution < -0.4 is 10.0 Å². The van der Waals surface area contributed by atoms with E-state index in [4.69, 9.17) is 0 Å². The van der Waals surface area contributed by atoms with Gasteiger partial charge in [0.25, 0.3) is 5.91 Å². The maximum absolute atomic E-state index is 12.7. The maximum Gasteiger partial charge on any atom is 0.255 e. The van der Waals surface area contributed by atoms with E-state index >= 15 is 0 Å². The minimum absolute atomic E-state index is 0.0477. The number of carbonyl (C=O) groups excluding carboxylic acids is 1. The van der Waals surface area contributed by atoms with Crippen molar-refractivity contribution in [3.05, 3.63) is 96.2 Å². The van der Waals surface area contributed by atoms with Crippen molar-refractivity contribution >= 4 is 32.5 Å². The number of hydrogen-bond donors (Lipinski definition) is 2. The van der Waals surface area contributed by atoms with Gasteiger partial charge in [0.05, 0.1) is 4.90 Å². The molecule has 0 aliphatic rings. The van der Waals surface area contributed by atoms with Crippen LogP contribution in [0.3, 0.4) is 0 Å². The number of anilines is 1. The predicted octanol–water partition coefficient (Wildman–Crippen LogP) is 4.39. The molecule has 1 amide bonds. The van der Waals surface area contributed by atoms with Crippen molar-refractivity contribution in [1.29, 1.82) is 0 Å². The SMILES string of the molecule is CCn1ccc2cc(NC(=O)c3cccc(S(=O)(=O)NCc4ccccc4)c3)ccc21. The summed E-state index contributed by atoms with van der Waals surface area (Å²) in [5.74, 6) is -0.366. The number of sulfonamides is 1. The first kappa shape index (κ1) is 20.8. The highest BCUT2D eigenvalue weighted by Gasteiger charge is 2.16. The molecule has 0 saturated carbocycles. The fourth-order valence-corrected chi connectivity index (χ4v) is 4.48. The molecule has 158 valence electrons. The van der Waals surface area contributed by atoms with E-state index < -0.39 is 10.0 Å². The molecule has 3 aromatic carbocycles. The summed E-state index contributed by atoms with van der Waals surface area (Å²) in [6.07, 6.45) is 2.01. The number of benzene rings is 3. The monoisotopic (exact) mass is 433 g/mol. The first-order chi connectivity index (χ1) is 15.0. The molecule has 0 bridgehead atoms. The molecule has 6 nitrogen and oxygen atoms in total. The largest absolute Gasteiger partial charge is 0.348 e. The topological polar surface area (TPSA) is 80.2 Å². The van der Waals surface area contributed by atoms with E-state index in [2.05, 4.69) is 21.5 Å². The van der Waals surface area contributed by atoms with Crippen LogP contribution in [0.4, 0.5) is 5.69 Å². The second-order valence-electron chi connectivity index (χ2n) is 7.17. The van der Waals surface area contributed by atoms with E-state index in [0.29, 0.717) is 5.69 Å². The fraction of sp³-hybridized carbons (Fsp3) is 0.125. The number of aryl methyl sites for hydroxylation is 1. The molecular weight excluding hydrogens is 410 g/mol. The standard InChI is InChI=1S/C24H23N3O3S/c1-2-27-14-13-19-15-21(11-12-23(19)27)26-24(28)20-9-6-10-22(16-20)31(29,30)25-17-18-7-4-3-5-8-18/h3-16,25H,2,17H2,1H3,(H,26,28). The van der Waals surface area contributed by atoms with Gasteiger partial charge >= 0.3 is 0 Å². The Morgan fingerprint density at radius 3 is 2.52 bits per heavy atom. The van der Waals surface area contributed by atoms with Crippen LogP contribution in [0.25, 0.3) is 10.9 Å². The van der Waals surface area contributed by atoms with Crippen molar-refractivity contribution in [3.63, 3.8) is 0 Å². The van der Waals surface area contributed by atoms with E-state index in [1.54, 1.807) is 12.1 Å². The lowest BCUT2D eigenvalue weighted by Gasteiger charge is -2.10. The number of nitrogens with one attached hydrogen (secondary N) is 2. The van der Waals surface area contributed by atoms with Gasteiger partial charge in [-0.1, -0.05) is 36.4 Å². The van der Waals surface area contributed by atoms with Gasteiger partial charge in [-0.15, -0.1) is 0 Å². The van der Waals surface area contributed by atoms with Gasteiger partial charge in [-0.05, 0) is 55.0 Å². The van der Waals surface area contributed by atoms with Crippen LogP contribution in [-0.4, -0.2) is 18.9 Å². The molecule has 0 radical (unpaired) electrons. The fourth-order valence-electron chi connectivity index (χ4n) is 3.42. The number of nitrogens with zero attached hydrogens (tertiary/aromatic N) is 1. The number of rotatable bonds is 7. The van der Waals surface area contributed by atoms with Gasteiger partial charge in [-0.2, -0.15) is 0 Å². The van der Waals surface area contributed by atoms with Gasteiger partial charge in [0.2, 0.25) is 10.0 Å². The minimum Gasteiger partial charge on any atom is -0.348 e. The van der Waals surface area contributed by atoms with Gasteiger partial charge in [-0.25, -0.2) is 13.1 Å². The van der Waals surface area contributed by atoms with Crippen LogP contribution in [0.15, 0.2) is 90.0 Å². The molecule has 4 aromatic rings. The molecular formula is C24H23N3O3S. The van der Waals surface area contributed by atoms with E-state index in [0.717, 1.165) is 23.0 Å². The zero-order valence-electron chi connectivity index (χ0n) is 17.1. The zero-order valence-corrected chi connectivity index (χ0v) is 17.9. The number of carbonyl (C=O) groups is 1. The average molecular weight is 434 g/mol. The lowest BCUT2D eigenvalue weighted by atomic mass is 10.2. The Balaban J connectivity index is 1.50. The van der Waals surface area contributed by atoms with Gasteiger partial charge in [0.1, 0.15) is 0 Å². The highest BCUT2D eigenvalue weighted by atomic mass is 32.2. The van der Waals surface area contributed by atoms with Crippen molar-refractivity contribution in [2.45, 2.75) is 24.9 Å². The molecule has 0 aliphatic heterocycles. The summed E-state index contributed by atoms with van der Waals surface area (Å²) in [5.41, 5.74) is 2.88. The quantitative estimate of drug-likeness (QED) is 0.454. The number of hydrogen-bond acceptors (Lipinski definition) is 3. The smallest absolute Gasteiger partial charge is 0.255 e. The Labute approximate surface area is 181 Å². The van der Waals surface area contributed by atoms with Crippen molar-refractivity contribution in [2.75, 3.05) is 5.32 Å². The third kappa shape index (κ3) is 4.68. The summed E-state index contributed by atoms with van der Waals surface area (Å²) in [6, 6.07) is 23.0. The van der Waals surface area contributed by atoms with Crippen molar-refractivity contribution in [3.8, 4) is 0 Å². The summed E-state index contributed by atoms with van der Waals surface area (Å²) in [4.78, 5) is 12.8. The normalized spacial score (nSPS) is 11.5. The Morgan fingerprint density at radius 1 is 0.935 bits per heavy atom. The van der Waals surface area contributed by atoms with Crippen LogP contribution in [0, 0.1) is 0 Å². The molecule has 0 fully saturated rings. The summed E-state index contributed by atoms with van der Waals surface area (Å²) in [5, 5.41) is 3.88. The first-order valence-corrected chi connectivity index (χ1v) is 11.5. The van der Waals surface area contributed by atoms with E-state index in [1.165, 1.54) is 12.1 Å². The lowest BCUT2D eigenvalue weighted by molar-refractivity contribution is 0.102. The average Bonchev–Trinajstić information content (AvgIpc) is 3.21. The zero-order chi connectivity index (χ0) is 21.8. The van der Waals surface area contributed by atoms with E-state index in [9.17, 15) is 13.2 Å². The van der Waals surface area contributed by atoms with Crippen LogP contribution in [0.2, 0.25) is 0 Å². The Morgan fingerprint density at radius 2 is 1.74 bits per heavy atom. The molecule has 0 aliphatic carbocycles. The molecule has 0 spiro atoms. The highest BCUT2D eigenvalue weighted by molar-refractivity contribution is 7.89. The molecule has 0 atom stereocenters. The minimum atomic E-state index is -3.75. The van der Waals surface area contributed by atoms with Crippen molar-refractivity contribution in [2.24, 2.45) is 0 Å². The van der Waals surface area contributed by atoms with Crippen LogP contribution in [0.1, 0.15) is 22.8 Å². The molecule has 0 saturated heterocycles. The lowest BCUT2D eigenvalue weighted by Crippen LogP contribution is -2.23. The van der Waals surface area contributed by atoms with E-state index in [1.807, 2.05) is 60.8 Å². The van der Waals surface area contributed by atoms with Crippen LogP contribution in [0.5, 0.6) is 0 Å². The Kier molecular flexibility index (Phi) is 5.88. The molecule has 2 N–H and O–H groups in total. The maximum atomic E-state index is 12.7. The highest BCUT2D eigenvalue weighted by Crippen LogP contribution is 2.21. The molecule has 1 heterocycles. The van der Waals surface area contributed by atoms with Crippen molar-refractivity contribution < 1.29 is 13.2 Å². The molecule has 7 heteroatoms. The predicted molar refractivity (Wildman–Crippen MR) is 122 cm³/mol. The van der Waals surface area contributed by atoms with Crippen molar-refractivity contribution in [1.82, 2.24) is 9.29 Å². The second-order valence-corrected chi connectivity index (χ2v) is 8.93. The molecule has 4 rings (SSSR count). The van der Waals surface area contributed by atoms with Gasteiger partial charge in [0.15, 0.2) is 0 Å². The number of aromatic nitrogens is 1. The molecule has 0 unspecified atom stereocenters. The van der Waals surface area contributed by atoms with E-state index in [-0.39, 0.29) is 22.9 Å².